The van der Waals surface area contributed by atoms with Crippen LogP contribution in [0.15, 0.2) is 0 Å². The van der Waals surface area contributed by atoms with E-state index < -0.39 is 21.2 Å². The van der Waals surface area contributed by atoms with Crippen LogP contribution >= 0.6 is 46.0 Å². The summed E-state index contributed by atoms with van der Waals surface area (Å²) in [5, 5.41) is 8.73. The summed E-state index contributed by atoms with van der Waals surface area (Å²) in [6.07, 6.45) is -1.12. The number of carbonyl (C=O) groups is 2. The summed E-state index contributed by atoms with van der Waals surface area (Å²) in [5.74, 6) is -0.207. The molecule has 0 bridgehead atoms. The second-order valence-electron chi connectivity index (χ2n) is 3.37. The lowest BCUT2D eigenvalue weighted by atomic mass is 10.3. The Morgan fingerprint density at radius 1 is 1.69 bits per heavy atom. The fourth-order valence-corrected chi connectivity index (χ4v) is 2.81. The third kappa shape index (κ3) is 3.56. The first-order valence-corrected chi connectivity index (χ1v) is 6.96. The van der Waals surface area contributed by atoms with E-state index in [4.69, 9.17) is 21.4 Å². The minimum atomic E-state index is -1.14. The van der Waals surface area contributed by atoms with Crippen molar-refractivity contribution in [1.29, 1.82) is 0 Å². The number of carboxylic acid groups (broad SMARTS) is 1. The van der Waals surface area contributed by atoms with Gasteiger partial charge in [0.1, 0.15) is 6.04 Å². The Morgan fingerprint density at radius 2 is 2.25 bits per heavy atom. The Kier molecular flexibility index (Phi) is 4.58. The van der Waals surface area contributed by atoms with E-state index in [0.29, 0.717) is 5.75 Å². The number of thioether (sulfide) groups is 1. The lowest BCUT2D eigenvalue weighted by molar-refractivity contribution is -0.150. The monoisotopic (exact) mass is 379 g/mol. The molecular weight excluding hydrogens is 369 g/mol. The van der Waals surface area contributed by atoms with Gasteiger partial charge >= 0.3 is 12.1 Å². The Hall–Kier alpha value is 0.110. The molecule has 0 spiro atoms. The van der Waals surface area contributed by atoms with Crippen LogP contribution in [-0.2, 0) is 9.53 Å². The van der Waals surface area contributed by atoms with Crippen molar-refractivity contribution >= 4 is 58.0 Å². The Morgan fingerprint density at radius 3 is 2.69 bits per heavy atom. The number of amides is 1. The number of ether oxygens (including phenoxy) is 1. The zero-order valence-corrected chi connectivity index (χ0v) is 12.4. The molecule has 3 unspecified atom stereocenters. The smallest absolute Gasteiger partial charge is 0.408 e. The van der Waals surface area contributed by atoms with Gasteiger partial charge in [0.05, 0.1) is 5.37 Å². The maximum absolute atomic E-state index is 11.7. The lowest BCUT2D eigenvalue weighted by Crippen LogP contribution is -2.45. The van der Waals surface area contributed by atoms with Crippen molar-refractivity contribution in [3.05, 3.63) is 0 Å². The van der Waals surface area contributed by atoms with Crippen LogP contribution in [0.25, 0.3) is 0 Å². The number of rotatable bonds is 2. The van der Waals surface area contributed by atoms with Crippen molar-refractivity contribution in [2.75, 3.05) is 5.75 Å². The van der Waals surface area contributed by atoms with Crippen LogP contribution in [0, 0.1) is 0 Å². The highest BCUT2D eigenvalue weighted by molar-refractivity contribution is 14.1. The van der Waals surface area contributed by atoms with Gasteiger partial charge in [-0.1, -0.05) is 11.6 Å². The van der Waals surface area contributed by atoms with Crippen LogP contribution in [0.4, 0.5) is 4.79 Å². The van der Waals surface area contributed by atoms with E-state index in [1.54, 1.807) is 29.5 Å². The molecule has 1 saturated heterocycles. The first-order valence-electron chi connectivity index (χ1n) is 4.46. The second kappa shape index (κ2) is 5.18. The van der Waals surface area contributed by atoms with Crippen molar-refractivity contribution < 1.29 is 19.4 Å². The molecule has 16 heavy (non-hydrogen) atoms. The van der Waals surface area contributed by atoms with Crippen LogP contribution in [0.5, 0.6) is 0 Å². The first-order chi connectivity index (χ1) is 7.22. The fraction of sp³-hybridized carbons (Fsp3) is 0.750. The number of alkyl halides is 2. The molecule has 92 valence electrons. The predicted molar refractivity (Wildman–Crippen MR) is 69.9 cm³/mol. The van der Waals surface area contributed by atoms with Crippen LogP contribution in [0.2, 0.25) is 0 Å². The number of nitrogens with zero attached hydrogens (tertiary/aromatic N) is 1. The molecule has 0 aliphatic carbocycles. The average Bonchev–Trinajstić information content (AvgIpc) is 2.43. The van der Waals surface area contributed by atoms with Gasteiger partial charge in [-0.15, -0.1) is 11.8 Å². The molecule has 0 radical (unpaired) electrons. The molecule has 1 N–H and O–H groups in total. The van der Waals surface area contributed by atoms with Crippen LogP contribution < -0.4 is 0 Å². The summed E-state index contributed by atoms with van der Waals surface area (Å²) in [5.41, 5.74) is 0. The van der Waals surface area contributed by atoms with E-state index in [2.05, 4.69) is 0 Å². The summed E-state index contributed by atoms with van der Waals surface area (Å²) in [7, 11) is 0. The van der Waals surface area contributed by atoms with Crippen LogP contribution in [0.1, 0.15) is 13.8 Å². The maximum atomic E-state index is 11.7. The molecule has 1 rings (SSSR count). The van der Waals surface area contributed by atoms with Crippen molar-refractivity contribution in [2.45, 2.75) is 28.3 Å². The summed E-state index contributed by atoms with van der Waals surface area (Å²) in [6.45, 7) is 3.25. The van der Waals surface area contributed by atoms with E-state index in [1.807, 2.05) is 0 Å². The molecule has 0 aromatic carbocycles. The van der Waals surface area contributed by atoms with E-state index in [0.717, 1.165) is 4.90 Å². The van der Waals surface area contributed by atoms with E-state index >= 15 is 0 Å². The Balaban J connectivity index is 2.73. The predicted octanol–water partition coefficient (Wildman–Crippen LogP) is 2.32. The zero-order valence-electron chi connectivity index (χ0n) is 8.65. The van der Waals surface area contributed by atoms with Gasteiger partial charge in [0.2, 0.25) is 3.07 Å². The quantitative estimate of drug-likeness (QED) is 0.453. The number of hydrogen-bond donors (Lipinski definition) is 1. The molecule has 1 amide bonds. The Labute approximate surface area is 116 Å². The number of esters is 1. The second-order valence-corrected chi connectivity index (χ2v) is 8.13. The van der Waals surface area contributed by atoms with Gasteiger partial charge in [0, 0.05) is 5.75 Å². The maximum Gasteiger partial charge on any atom is 0.408 e. The van der Waals surface area contributed by atoms with E-state index in [1.165, 1.54) is 18.7 Å². The number of halogens is 2. The van der Waals surface area contributed by atoms with E-state index in [-0.39, 0.29) is 5.37 Å². The topological polar surface area (TPSA) is 66.8 Å². The Bertz CT molecular complexity index is 309. The summed E-state index contributed by atoms with van der Waals surface area (Å²) >= 11 is 8.89. The molecule has 1 aliphatic rings. The van der Waals surface area contributed by atoms with Crippen molar-refractivity contribution in [3.8, 4) is 0 Å². The standard InChI is InChI=1S/C8H11ClINO4S/c1-4-11(7(13)14)5(3-16-4)6(12)15-8(2,9)10/h4-5H,3H2,1-2H3,(H,13,14). The molecule has 1 heterocycles. The zero-order chi connectivity index (χ0) is 12.5. The highest BCUT2D eigenvalue weighted by Crippen LogP contribution is 2.32. The molecular formula is C8H11ClINO4S. The van der Waals surface area contributed by atoms with Crippen LogP contribution in [0.3, 0.4) is 0 Å². The number of carbonyl (C=O) groups excluding carboxylic acids is 1. The van der Waals surface area contributed by atoms with Gasteiger partial charge in [0.15, 0.2) is 0 Å². The molecule has 1 fully saturated rings. The highest BCUT2D eigenvalue weighted by atomic mass is 127. The minimum absolute atomic E-state index is 0.245. The van der Waals surface area contributed by atoms with Gasteiger partial charge in [0.25, 0.3) is 0 Å². The molecule has 8 heteroatoms. The van der Waals surface area contributed by atoms with Crippen molar-refractivity contribution in [2.24, 2.45) is 0 Å². The van der Waals surface area contributed by atoms with Gasteiger partial charge in [-0.3, -0.25) is 4.90 Å². The summed E-state index contributed by atoms with van der Waals surface area (Å²) < 4.78 is 3.80. The van der Waals surface area contributed by atoms with E-state index in [9.17, 15) is 9.59 Å². The lowest BCUT2D eigenvalue weighted by Gasteiger charge is -2.25. The minimum Gasteiger partial charge on any atom is -0.465 e. The van der Waals surface area contributed by atoms with Gasteiger partial charge in [-0.2, -0.15) is 0 Å². The average molecular weight is 380 g/mol. The number of hydrogen-bond acceptors (Lipinski definition) is 4. The third-order valence-corrected chi connectivity index (χ3v) is 3.51. The third-order valence-electron chi connectivity index (χ3n) is 2.00. The van der Waals surface area contributed by atoms with Crippen LogP contribution in [-0.4, -0.2) is 42.3 Å². The first kappa shape index (κ1) is 14.2. The molecule has 0 aromatic rings. The van der Waals surface area contributed by atoms with Gasteiger partial charge in [-0.05, 0) is 36.4 Å². The van der Waals surface area contributed by atoms with Crippen molar-refractivity contribution in [3.63, 3.8) is 0 Å². The molecule has 0 saturated carbocycles. The summed E-state index contributed by atoms with van der Waals surface area (Å²) in [4.78, 5) is 23.7. The molecule has 1 aliphatic heterocycles. The molecule has 0 aromatic heterocycles. The van der Waals surface area contributed by atoms with Crippen molar-refractivity contribution in [1.82, 2.24) is 4.90 Å². The van der Waals surface area contributed by atoms with Gasteiger partial charge < -0.3 is 9.84 Å². The van der Waals surface area contributed by atoms with Gasteiger partial charge in [-0.25, -0.2) is 9.59 Å². The fourth-order valence-electron chi connectivity index (χ4n) is 1.36. The summed E-state index contributed by atoms with van der Waals surface area (Å²) in [6, 6.07) is -0.773. The molecule has 5 nitrogen and oxygen atoms in total. The normalized spacial score (nSPS) is 28.6. The SMILES string of the molecule is CC1SCC(C(=O)OC(C)(Cl)I)N1C(=O)O. The largest absolute Gasteiger partial charge is 0.465 e. The molecule has 3 atom stereocenters. The highest BCUT2D eigenvalue weighted by Gasteiger charge is 2.42.